The number of aliphatic imine (C=N–C) groups is 1. The molecular formula is C12H15IN2S. The molecule has 0 bridgehead atoms. The number of benzene rings is 1. The summed E-state index contributed by atoms with van der Waals surface area (Å²) < 4.78 is 1.16. The van der Waals surface area contributed by atoms with Gasteiger partial charge in [0, 0.05) is 9.68 Å². The Morgan fingerprint density at radius 1 is 1.50 bits per heavy atom. The van der Waals surface area contributed by atoms with Crippen molar-refractivity contribution in [2.45, 2.75) is 18.2 Å². The first kappa shape index (κ1) is 12.2. The van der Waals surface area contributed by atoms with Gasteiger partial charge in [0.1, 0.15) is 0 Å². The largest absolute Gasteiger partial charge is 0.358 e. The van der Waals surface area contributed by atoms with Crippen LogP contribution in [-0.2, 0) is 0 Å². The van der Waals surface area contributed by atoms with Crippen molar-refractivity contribution < 1.29 is 0 Å². The zero-order valence-electron chi connectivity index (χ0n) is 9.19. The number of thioether (sulfide) groups is 1. The molecule has 1 aliphatic rings. The monoisotopic (exact) mass is 346 g/mol. The Morgan fingerprint density at radius 3 is 2.88 bits per heavy atom. The number of hydrogen-bond donors (Lipinski definition) is 1. The molecule has 0 amide bonds. The van der Waals surface area contributed by atoms with E-state index in [1.807, 2.05) is 17.8 Å². The lowest BCUT2D eigenvalue weighted by Gasteiger charge is -2.15. The summed E-state index contributed by atoms with van der Waals surface area (Å²) in [6.45, 7) is 3.13. The molecule has 0 aliphatic carbocycles. The summed E-state index contributed by atoms with van der Waals surface area (Å²) >= 11 is 4.29. The molecule has 2 rings (SSSR count). The highest BCUT2D eigenvalue weighted by Crippen LogP contribution is 2.23. The summed E-state index contributed by atoms with van der Waals surface area (Å²) in [6, 6.07) is 10.8. The molecule has 0 radical (unpaired) electrons. The van der Waals surface area contributed by atoms with Crippen molar-refractivity contribution in [3.63, 3.8) is 0 Å². The third kappa shape index (κ3) is 3.13. The molecule has 1 N–H and O–H groups in total. The van der Waals surface area contributed by atoms with Crippen LogP contribution in [0.5, 0.6) is 0 Å². The third-order valence-electron chi connectivity index (χ3n) is 2.53. The van der Waals surface area contributed by atoms with Gasteiger partial charge < -0.3 is 5.32 Å². The van der Waals surface area contributed by atoms with Crippen LogP contribution in [0.1, 0.15) is 18.5 Å². The van der Waals surface area contributed by atoms with Crippen molar-refractivity contribution in [1.82, 2.24) is 5.32 Å². The standard InChI is InChI=1S/C12H15IN2S/c1-9(10-5-3-2-4-6-10)15-12-14-8-11(7-13)16-12/h2-6,9,11H,7-8H2,1H3,(H,14,15)/t9-,11+/m0/s1. The molecule has 0 unspecified atom stereocenters. The minimum absolute atomic E-state index is 0.334. The van der Waals surface area contributed by atoms with Crippen LogP contribution < -0.4 is 5.32 Å². The molecule has 0 aromatic heterocycles. The van der Waals surface area contributed by atoms with Crippen LogP contribution in [0.4, 0.5) is 0 Å². The Morgan fingerprint density at radius 2 is 2.25 bits per heavy atom. The van der Waals surface area contributed by atoms with E-state index in [0.29, 0.717) is 11.3 Å². The zero-order valence-corrected chi connectivity index (χ0v) is 12.2. The molecule has 1 aliphatic heterocycles. The Bertz CT molecular complexity index is 367. The number of alkyl halides is 1. The summed E-state index contributed by atoms with van der Waals surface area (Å²) in [4.78, 5) is 4.52. The van der Waals surface area contributed by atoms with E-state index in [-0.39, 0.29) is 0 Å². The van der Waals surface area contributed by atoms with Crippen LogP contribution in [0.15, 0.2) is 35.3 Å². The summed E-state index contributed by atoms with van der Waals surface area (Å²) in [5.41, 5.74) is 1.31. The molecular weight excluding hydrogens is 331 g/mol. The normalized spacial score (nSPS) is 21.6. The predicted molar refractivity (Wildman–Crippen MR) is 80.6 cm³/mol. The lowest BCUT2D eigenvalue weighted by atomic mass is 10.1. The van der Waals surface area contributed by atoms with Gasteiger partial charge in [-0.05, 0) is 12.5 Å². The molecule has 2 nitrogen and oxygen atoms in total. The van der Waals surface area contributed by atoms with E-state index < -0.39 is 0 Å². The second-order valence-corrected chi connectivity index (χ2v) is 5.99. The Kier molecular flexibility index (Phi) is 4.52. The molecule has 0 fully saturated rings. The van der Waals surface area contributed by atoms with Gasteiger partial charge in [0.05, 0.1) is 12.6 Å². The van der Waals surface area contributed by atoms with Crippen molar-refractivity contribution in [2.24, 2.45) is 4.99 Å². The Labute approximate surface area is 114 Å². The summed E-state index contributed by atoms with van der Waals surface area (Å²) in [7, 11) is 0. The number of nitrogens with one attached hydrogen (secondary N) is 1. The fraction of sp³-hybridized carbons (Fsp3) is 0.417. The average Bonchev–Trinajstić information content (AvgIpc) is 2.78. The van der Waals surface area contributed by atoms with Crippen molar-refractivity contribution >= 4 is 39.5 Å². The summed E-state index contributed by atoms with van der Waals surface area (Å²) in [6.07, 6.45) is 0. The fourth-order valence-electron chi connectivity index (χ4n) is 1.59. The van der Waals surface area contributed by atoms with E-state index in [1.54, 1.807) is 0 Å². The van der Waals surface area contributed by atoms with Crippen molar-refractivity contribution in [3.05, 3.63) is 35.9 Å². The maximum absolute atomic E-state index is 4.52. The number of nitrogens with zero attached hydrogens (tertiary/aromatic N) is 1. The van der Waals surface area contributed by atoms with E-state index in [9.17, 15) is 0 Å². The van der Waals surface area contributed by atoms with Crippen LogP contribution in [0, 0.1) is 0 Å². The van der Waals surface area contributed by atoms with Gasteiger partial charge in [-0.15, -0.1) is 0 Å². The van der Waals surface area contributed by atoms with Crippen LogP contribution in [0.2, 0.25) is 0 Å². The molecule has 86 valence electrons. The van der Waals surface area contributed by atoms with E-state index >= 15 is 0 Å². The first-order valence-electron chi connectivity index (χ1n) is 5.38. The molecule has 2 atom stereocenters. The number of amidine groups is 1. The lowest BCUT2D eigenvalue weighted by Crippen LogP contribution is -2.23. The van der Waals surface area contributed by atoms with Gasteiger partial charge in [-0.2, -0.15) is 0 Å². The highest BCUT2D eigenvalue weighted by Gasteiger charge is 2.19. The van der Waals surface area contributed by atoms with Crippen molar-refractivity contribution in [3.8, 4) is 0 Å². The quantitative estimate of drug-likeness (QED) is 0.671. The molecule has 16 heavy (non-hydrogen) atoms. The van der Waals surface area contributed by atoms with Crippen LogP contribution in [0.25, 0.3) is 0 Å². The Balaban J connectivity index is 1.91. The van der Waals surface area contributed by atoms with Crippen LogP contribution >= 0.6 is 34.4 Å². The molecule has 1 heterocycles. The first-order valence-corrected chi connectivity index (χ1v) is 7.78. The molecule has 1 aromatic rings. The van der Waals surface area contributed by atoms with Gasteiger partial charge >= 0.3 is 0 Å². The average molecular weight is 346 g/mol. The number of hydrogen-bond acceptors (Lipinski definition) is 3. The smallest absolute Gasteiger partial charge is 0.157 e. The highest BCUT2D eigenvalue weighted by atomic mass is 127. The van der Waals surface area contributed by atoms with Gasteiger partial charge in [0.15, 0.2) is 5.17 Å². The SMILES string of the molecule is C[C@H](NC1=NC[C@@H](CI)S1)c1ccccc1. The van der Waals surface area contributed by atoms with E-state index in [0.717, 1.165) is 16.1 Å². The lowest BCUT2D eigenvalue weighted by molar-refractivity contribution is 0.723. The Hall–Kier alpha value is -0.230. The maximum Gasteiger partial charge on any atom is 0.157 e. The predicted octanol–water partition coefficient (Wildman–Crippen LogP) is 3.24. The molecule has 1 aromatic carbocycles. The minimum atomic E-state index is 0.334. The molecule has 0 saturated heterocycles. The van der Waals surface area contributed by atoms with Gasteiger partial charge in [0.25, 0.3) is 0 Å². The summed E-state index contributed by atoms with van der Waals surface area (Å²) in [5, 5.41) is 5.22. The first-order chi connectivity index (χ1) is 7.79. The second kappa shape index (κ2) is 5.91. The van der Waals surface area contributed by atoms with E-state index in [2.05, 4.69) is 64.1 Å². The van der Waals surface area contributed by atoms with Crippen LogP contribution in [0.3, 0.4) is 0 Å². The zero-order chi connectivity index (χ0) is 11.4. The van der Waals surface area contributed by atoms with Gasteiger partial charge in [-0.3, -0.25) is 4.99 Å². The second-order valence-electron chi connectivity index (χ2n) is 3.82. The summed E-state index contributed by atoms with van der Waals surface area (Å²) in [5.74, 6) is 0. The molecule has 0 spiro atoms. The maximum atomic E-state index is 4.52. The van der Waals surface area contributed by atoms with Gasteiger partial charge in [-0.25, -0.2) is 0 Å². The van der Waals surface area contributed by atoms with Crippen molar-refractivity contribution in [2.75, 3.05) is 11.0 Å². The highest BCUT2D eigenvalue weighted by molar-refractivity contribution is 14.1. The molecule has 4 heteroatoms. The van der Waals surface area contributed by atoms with Crippen molar-refractivity contribution in [1.29, 1.82) is 0 Å². The van der Waals surface area contributed by atoms with Crippen LogP contribution in [-0.4, -0.2) is 21.4 Å². The topological polar surface area (TPSA) is 24.4 Å². The van der Waals surface area contributed by atoms with E-state index in [1.165, 1.54) is 5.56 Å². The number of halogens is 1. The minimum Gasteiger partial charge on any atom is -0.358 e. The number of rotatable bonds is 3. The third-order valence-corrected chi connectivity index (χ3v) is 5.31. The fourth-order valence-corrected chi connectivity index (χ4v) is 3.33. The van der Waals surface area contributed by atoms with E-state index in [4.69, 9.17) is 0 Å². The van der Waals surface area contributed by atoms with Gasteiger partial charge in [-0.1, -0.05) is 64.7 Å². The molecule has 0 saturated carbocycles. The van der Waals surface area contributed by atoms with Gasteiger partial charge in [0.2, 0.25) is 0 Å².